The summed E-state index contributed by atoms with van der Waals surface area (Å²) in [5, 5.41) is 16.0. The minimum Gasteiger partial charge on any atom is -0.472 e. The fourth-order valence-electron chi connectivity index (χ4n) is 1.85. The molecule has 0 saturated carbocycles. The van der Waals surface area contributed by atoms with E-state index in [9.17, 15) is 0 Å². The Morgan fingerprint density at radius 1 is 0.559 bits per heavy atom. The largest absolute Gasteiger partial charge is 0.472 e. The lowest BCUT2D eigenvalue weighted by atomic mass is 10.6. The number of hydrogen-bond donors (Lipinski definition) is 2. The molecule has 0 fully saturated rings. The van der Waals surface area contributed by atoms with Crippen molar-refractivity contribution in [1.29, 1.82) is 0 Å². The van der Waals surface area contributed by atoms with Gasteiger partial charge in [-0.05, 0) is 0 Å². The predicted molar refractivity (Wildman–Crippen MR) is 122 cm³/mol. The van der Waals surface area contributed by atoms with Crippen LogP contribution in [0.25, 0.3) is 0 Å². The Kier molecular flexibility index (Phi) is 34.6. The summed E-state index contributed by atoms with van der Waals surface area (Å²) in [5.74, 6) is 0.227. The molecule has 0 aliphatic heterocycles. The molecule has 0 rings (SSSR count). The number of aliphatic hydroxyl groups is 1. The molecule has 0 amide bonds. The molecule has 0 radical (unpaired) electrons. The second-order valence-electron chi connectivity index (χ2n) is 6.06. The Balaban J connectivity index is 0. The third-order valence-corrected chi connectivity index (χ3v) is 3.39. The van der Waals surface area contributed by atoms with Crippen LogP contribution in [0.1, 0.15) is 0 Å². The number of rotatable bonds is 26. The molecule has 0 bridgehead atoms. The molecule has 0 saturated heterocycles. The van der Waals surface area contributed by atoms with Gasteiger partial charge in [-0.25, -0.2) is 4.79 Å². The summed E-state index contributed by atoms with van der Waals surface area (Å²) in [6, 6.07) is 0. The van der Waals surface area contributed by atoms with E-state index in [1.54, 1.807) is 7.11 Å². The highest BCUT2D eigenvalue weighted by molar-refractivity contribution is 5.85. The maximum absolute atomic E-state index is 9.13. The summed E-state index contributed by atoms with van der Waals surface area (Å²) in [6.07, 6.45) is 4.32. The Labute approximate surface area is 202 Å². The summed E-state index contributed by atoms with van der Waals surface area (Å²) < 4.78 is 47.4. The highest BCUT2D eigenvalue weighted by atomic mass is 16.6. The summed E-state index contributed by atoms with van der Waals surface area (Å²) >= 11 is 0. The molecule has 0 aromatic carbocycles. The molecular formula is C22H42O12. The van der Waals surface area contributed by atoms with Crippen molar-refractivity contribution in [3.8, 4) is 12.3 Å². The molecule has 0 atom stereocenters. The van der Waals surface area contributed by atoms with Crippen LogP contribution in [0.5, 0.6) is 0 Å². The molecule has 202 valence electrons. The van der Waals surface area contributed by atoms with Crippen molar-refractivity contribution >= 4 is 5.97 Å². The molecular weight excluding hydrogens is 456 g/mol. The Hall–Kier alpha value is -1.37. The number of carboxylic acids is 1. The number of carboxylic acid groups (broad SMARTS) is 1. The van der Waals surface area contributed by atoms with E-state index in [0.29, 0.717) is 112 Å². The average molecular weight is 499 g/mol. The topological polar surface area (TPSA) is 141 Å². The number of aliphatic carboxylic acids is 1. The highest BCUT2D eigenvalue weighted by Gasteiger charge is 1.95. The Morgan fingerprint density at radius 3 is 0.941 bits per heavy atom. The lowest BCUT2D eigenvalue weighted by Crippen LogP contribution is -2.15. The van der Waals surface area contributed by atoms with E-state index < -0.39 is 5.97 Å². The van der Waals surface area contributed by atoms with Crippen molar-refractivity contribution in [2.45, 2.75) is 0 Å². The van der Waals surface area contributed by atoms with Crippen LogP contribution in [-0.2, 0) is 47.4 Å². The van der Waals surface area contributed by atoms with E-state index in [-0.39, 0.29) is 6.61 Å². The van der Waals surface area contributed by atoms with E-state index in [0.717, 1.165) is 0 Å². The average Bonchev–Trinajstić information content (AvgIpc) is 2.84. The second kappa shape index (κ2) is 33.8. The van der Waals surface area contributed by atoms with Gasteiger partial charge in [0.15, 0.2) is 0 Å². The number of carbonyl (C=O) groups is 1. The van der Waals surface area contributed by atoms with Crippen LogP contribution in [-0.4, -0.2) is 142 Å². The number of aliphatic hydroxyl groups excluding tert-OH is 1. The lowest BCUT2D eigenvalue weighted by Gasteiger charge is -2.08. The Bertz CT molecular complexity index is 405. The smallest absolute Gasteiger partial charge is 0.381 e. The molecule has 0 aliphatic rings. The van der Waals surface area contributed by atoms with Gasteiger partial charge >= 0.3 is 5.97 Å². The molecule has 2 N–H and O–H groups in total. The van der Waals surface area contributed by atoms with Crippen molar-refractivity contribution in [3.63, 3.8) is 0 Å². The number of ether oxygens (including phenoxy) is 9. The van der Waals surface area contributed by atoms with E-state index in [2.05, 4.69) is 6.42 Å². The van der Waals surface area contributed by atoms with Gasteiger partial charge < -0.3 is 52.8 Å². The molecule has 0 spiro atoms. The van der Waals surface area contributed by atoms with Gasteiger partial charge in [0, 0.05) is 13.0 Å². The van der Waals surface area contributed by atoms with Crippen molar-refractivity contribution in [3.05, 3.63) is 0 Å². The van der Waals surface area contributed by atoms with Gasteiger partial charge in [-0.3, -0.25) is 0 Å². The molecule has 0 aromatic heterocycles. The maximum atomic E-state index is 9.13. The van der Waals surface area contributed by atoms with Crippen LogP contribution < -0.4 is 0 Å². The first kappa shape index (κ1) is 34.8. The van der Waals surface area contributed by atoms with Crippen molar-refractivity contribution in [1.82, 2.24) is 0 Å². The fourth-order valence-corrected chi connectivity index (χ4v) is 1.85. The number of methoxy groups -OCH3 is 1. The van der Waals surface area contributed by atoms with Crippen LogP contribution in [0.2, 0.25) is 0 Å². The van der Waals surface area contributed by atoms with E-state index in [1.165, 1.54) is 5.92 Å². The third kappa shape index (κ3) is 37.9. The van der Waals surface area contributed by atoms with Crippen LogP contribution in [0, 0.1) is 12.3 Å². The summed E-state index contributed by atoms with van der Waals surface area (Å²) in [4.78, 5) is 9.13. The summed E-state index contributed by atoms with van der Waals surface area (Å²) in [6.45, 7) is 8.90. The van der Waals surface area contributed by atoms with Crippen LogP contribution >= 0.6 is 0 Å². The standard InChI is InChI=1S/C19H40O10.C3H2O2/c1-21-4-5-23-8-9-25-12-13-27-16-17-29-19-18-28-15-14-26-11-10-24-7-6-22-3-2-20;1-2-3(4)5/h20H,2-19H2,1H3;1H,(H,4,5). The number of hydrogen-bond acceptors (Lipinski definition) is 11. The number of terminal acetylenes is 1. The van der Waals surface area contributed by atoms with Crippen molar-refractivity contribution in [2.24, 2.45) is 0 Å². The van der Waals surface area contributed by atoms with Gasteiger partial charge in [0.2, 0.25) is 0 Å². The zero-order chi connectivity index (χ0) is 25.4. The van der Waals surface area contributed by atoms with Gasteiger partial charge in [0.25, 0.3) is 0 Å². The lowest BCUT2D eigenvalue weighted by molar-refractivity contribution is -0.130. The minimum absolute atomic E-state index is 0.0322. The molecule has 34 heavy (non-hydrogen) atoms. The first-order valence-corrected chi connectivity index (χ1v) is 11.1. The third-order valence-electron chi connectivity index (χ3n) is 3.39. The van der Waals surface area contributed by atoms with Gasteiger partial charge in [0.05, 0.1) is 119 Å². The van der Waals surface area contributed by atoms with Gasteiger partial charge in [-0.15, -0.1) is 6.42 Å². The highest BCUT2D eigenvalue weighted by Crippen LogP contribution is 1.85. The van der Waals surface area contributed by atoms with Gasteiger partial charge in [-0.2, -0.15) is 0 Å². The summed E-state index contributed by atoms with van der Waals surface area (Å²) in [7, 11) is 1.64. The van der Waals surface area contributed by atoms with Crippen LogP contribution in [0.15, 0.2) is 0 Å². The molecule has 0 aromatic rings. The van der Waals surface area contributed by atoms with Crippen molar-refractivity contribution in [2.75, 3.05) is 126 Å². The second-order valence-corrected chi connectivity index (χ2v) is 6.06. The zero-order valence-electron chi connectivity index (χ0n) is 20.3. The first-order chi connectivity index (χ1) is 16.7. The molecule has 0 aliphatic carbocycles. The zero-order valence-corrected chi connectivity index (χ0v) is 20.3. The summed E-state index contributed by atoms with van der Waals surface area (Å²) in [5.41, 5.74) is 0. The fraction of sp³-hybridized carbons (Fsp3) is 0.864. The molecule has 12 heteroatoms. The van der Waals surface area contributed by atoms with Gasteiger partial charge in [0.1, 0.15) is 0 Å². The monoisotopic (exact) mass is 498 g/mol. The van der Waals surface area contributed by atoms with Crippen LogP contribution in [0.4, 0.5) is 0 Å². The first-order valence-electron chi connectivity index (χ1n) is 11.1. The van der Waals surface area contributed by atoms with E-state index in [1.807, 2.05) is 0 Å². The minimum atomic E-state index is -1.22. The molecule has 0 heterocycles. The van der Waals surface area contributed by atoms with E-state index >= 15 is 0 Å². The molecule has 12 nitrogen and oxygen atoms in total. The quantitative estimate of drug-likeness (QED) is 0.117. The maximum Gasteiger partial charge on any atom is 0.381 e. The normalized spacial score (nSPS) is 10.5. The van der Waals surface area contributed by atoms with Gasteiger partial charge in [-0.1, -0.05) is 0 Å². The van der Waals surface area contributed by atoms with Crippen molar-refractivity contribution < 1.29 is 57.6 Å². The molecule has 0 unspecified atom stereocenters. The van der Waals surface area contributed by atoms with Crippen LogP contribution in [0.3, 0.4) is 0 Å². The predicted octanol–water partition coefficient (Wildman–Crippen LogP) is -0.538. The van der Waals surface area contributed by atoms with E-state index in [4.69, 9.17) is 57.6 Å². The Morgan fingerprint density at radius 2 is 0.765 bits per heavy atom. The SMILES string of the molecule is C#CC(=O)O.COCCOCCOCCOCCOCCOCCOCCOCCOCCO.